The summed E-state index contributed by atoms with van der Waals surface area (Å²) in [7, 11) is 0. The Morgan fingerprint density at radius 2 is 2.00 bits per heavy atom. The maximum atomic E-state index is 13.8. The molecule has 2 saturated heterocycles. The first kappa shape index (κ1) is 14.1. The highest BCUT2D eigenvalue weighted by molar-refractivity contribution is 5.83. The van der Waals surface area contributed by atoms with Crippen molar-refractivity contribution in [2.24, 2.45) is 5.92 Å². The lowest BCUT2D eigenvalue weighted by Crippen LogP contribution is -2.40. The third-order valence-corrected chi connectivity index (χ3v) is 5.30. The van der Waals surface area contributed by atoms with E-state index in [9.17, 15) is 13.6 Å². The lowest BCUT2D eigenvalue weighted by Gasteiger charge is -2.24. The highest BCUT2D eigenvalue weighted by Gasteiger charge is 2.47. The number of hydrogen-bond acceptors (Lipinski definition) is 2. The zero-order valence-electron chi connectivity index (χ0n) is 12.4. The van der Waals surface area contributed by atoms with E-state index in [1.165, 1.54) is 18.6 Å². The van der Waals surface area contributed by atoms with Crippen LogP contribution in [0.15, 0.2) is 18.2 Å². The highest BCUT2D eigenvalue weighted by Crippen LogP contribution is 2.49. The van der Waals surface area contributed by atoms with Gasteiger partial charge in [0.1, 0.15) is 11.6 Å². The van der Waals surface area contributed by atoms with Crippen LogP contribution in [0.2, 0.25) is 0 Å². The van der Waals surface area contributed by atoms with Crippen LogP contribution in [0.25, 0.3) is 0 Å². The summed E-state index contributed by atoms with van der Waals surface area (Å²) in [6.45, 7) is 1.56. The first-order valence-corrected chi connectivity index (χ1v) is 8.11. The standard InChI is InChI=1S/C17H20F2N2O/c18-10-1-4-13(16(19)7-10)14-8-15(14)17(22)21-6-5-11-2-3-12(9-21)20-11/h1,4,7,11-12,14-15,20H,2-3,5-6,8-9H2. The first-order chi connectivity index (χ1) is 10.6. The van der Waals surface area contributed by atoms with Crippen molar-refractivity contribution in [2.45, 2.75) is 43.7 Å². The monoisotopic (exact) mass is 306 g/mol. The van der Waals surface area contributed by atoms with Gasteiger partial charge >= 0.3 is 0 Å². The normalized spacial score (nSPS) is 33.6. The molecule has 3 fully saturated rings. The molecular formula is C17H20F2N2O. The number of likely N-dealkylation sites (tertiary alicyclic amines) is 1. The minimum Gasteiger partial charge on any atom is -0.341 e. The predicted octanol–water partition coefficient (Wildman–Crippen LogP) is 2.42. The van der Waals surface area contributed by atoms with Crippen LogP contribution in [0.5, 0.6) is 0 Å². The van der Waals surface area contributed by atoms with Crippen LogP contribution in [0.1, 0.15) is 37.2 Å². The van der Waals surface area contributed by atoms with E-state index in [-0.39, 0.29) is 17.7 Å². The number of nitrogens with one attached hydrogen (secondary N) is 1. The molecule has 4 atom stereocenters. The average molecular weight is 306 g/mol. The molecule has 2 aliphatic heterocycles. The minimum absolute atomic E-state index is 0.0819. The van der Waals surface area contributed by atoms with E-state index in [2.05, 4.69) is 5.32 Å². The zero-order chi connectivity index (χ0) is 15.3. The molecule has 118 valence electrons. The quantitative estimate of drug-likeness (QED) is 0.910. The lowest BCUT2D eigenvalue weighted by atomic mass is 10.1. The Labute approximate surface area is 128 Å². The summed E-state index contributed by atoms with van der Waals surface area (Å²) < 4.78 is 26.8. The Bertz CT molecular complexity index is 606. The summed E-state index contributed by atoms with van der Waals surface area (Å²) >= 11 is 0. The van der Waals surface area contributed by atoms with Crippen molar-refractivity contribution in [1.29, 1.82) is 0 Å². The van der Waals surface area contributed by atoms with Crippen molar-refractivity contribution >= 4 is 5.91 Å². The van der Waals surface area contributed by atoms with Crippen LogP contribution in [-0.4, -0.2) is 36.0 Å². The summed E-state index contributed by atoms with van der Waals surface area (Å²) in [5, 5.41) is 3.56. The first-order valence-electron chi connectivity index (χ1n) is 8.11. The number of fused-ring (bicyclic) bond motifs is 2. The number of carbonyl (C=O) groups is 1. The van der Waals surface area contributed by atoms with Gasteiger partial charge in [0.15, 0.2) is 0 Å². The highest BCUT2D eigenvalue weighted by atomic mass is 19.1. The Hall–Kier alpha value is -1.49. The fraction of sp³-hybridized carbons (Fsp3) is 0.588. The molecule has 0 spiro atoms. The number of halogens is 2. The molecule has 4 unspecified atom stereocenters. The molecule has 0 aromatic heterocycles. The van der Waals surface area contributed by atoms with Gasteiger partial charge in [0.2, 0.25) is 5.91 Å². The van der Waals surface area contributed by atoms with Gasteiger partial charge in [0.25, 0.3) is 0 Å². The Morgan fingerprint density at radius 3 is 2.82 bits per heavy atom. The van der Waals surface area contributed by atoms with Crippen molar-refractivity contribution in [2.75, 3.05) is 13.1 Å². The molecule has 1 N–H and O–H groups in total. The summed E-state index contributed by atoms with van der Waals surface area (Å²) in [4.78, 5) is 14.6. The summed E-state index contributed by atoms with van der Waals surface area (Å²) in [6, 6.07) is 4.62. The largest absolute Gasteiger partial charge is 0.341 e. The molecular weight excluding hydrogens is 286 g/mol. The maximum absolute atomic E-state index is 13.8. The number of benzene rings is 1. The Kier molecular flexibility index (Phi) is 3.40. The molecule has 2 heterocycles. The van der Waals surface area contributed by atoms with E-state index in [0.717, 1.165) is 32.0 Å². The van der Waals surface area contributed by atoms with Crippen molar-refractivity contribution < 1.29 is 13.6 Å². The number of nitrogens with zero attached hydrogens (tertiary/aromatic N) is 1. The molecule has 1 saturated carbocycles. The second-order valence-corrected chi connectivity index (χ2v) is 6.83. The zero-order valence-corrected chi connectivity index (χ0v) is 12.4. The average Bonchev–Trinajstić information content (AvgIpc) is 3.17. The van der Waals surface area contributed by atoms with Gasteiger partial charge < -0.3 is 10.2 Å². The van der Waals surface area contributed by atoms with Crippen LogP contribution in [0.4, 0.5) is 8.78 Å². The molecule has 1 aromatic carbocycles. The fourth-order valence-electron chi connectivity index (χ4n) is 3.99. The van der Waals surface area contributed by atoms with Crippen molar-refractivity contribution in [3.8, 4) is 0 Å². The van der Waals surface area contributed by atoms with Crippen LogP contribution < -0.4 is 5.32 Å². The third-order valence-electron chi connectivity index (χ3n) is 5.30. The van der Waals surface area contributed by atoms with Gasteiger partial charge in [0.05, 0.1) is 0 Å². The summed E-state index contributed by atoms with van der Waals surface area (Å²) in [5.41, 5.74) is 0.481. The van der Waals surface area contributed by atoms with Crippen molar-refractivity contribution in [1.82, 2.24) is 10.2 Å². The van der Waals surface area contributed by atoms with Gasteiger partial charge in [-0.2, -0.15) is 0 Å². The maximum Gasteiger partial charge on any atom is 0.226 e. The van der Waals surface area contributed by atoms with E-state index >= 15 is 0 Å². The number of rotatable bonds is 2. The van der Waals surface area contributed by atoms with Gasteiger partial charge in [-0.25, -0.2) is 8.78 Å². The SMILES string of the molecule is O=C(C1CC1c1ccc(F)cc1F)N1CCC2CCC(C1)N2. The minimum atomic E-state index is -0.570. The van der Waals surface area contributed by atoms with E-state index in [0.29, 0.717) is 24.1 Å². The predicted molar refractivity (Wildman–Crippen MR) is 78.3 cm³/mol. The van der Waals surface area contributed by atoms with E-state index in [4.69, 9.17) is 0 Å². The smallest absolute Gasteiger partial charge is 0.226 e. The van der Waals surface area contributed by atoms with Gasteiger partial charge in [-0.1, -0.05) is 6.07 Å². The van der Waals surface area contributed by atoms with Crippen molar-refractivity contribution in [3.05, 3.63) is 35.4 Å². The Balaban J connectivity index is 1.44. The summed E-state index contributed by atoms with van der Waals surface area (Å²) in [5.74, 6) is -1.17. The van der Waals surface area contributed by atoms with Gasteiger partial charge in [-0.15, -0.1) is 0 Å². The van der Waals surface area contributed by atoms with Crippen LogP contribution >= 0.6 is 0 Å². The molecule has 3 aliphatic rings. The lowest BCUT2D eigenvalue weighted by molar-refractivity contribution is -0.132. The van der Waals surface area contributed by atoms with Gasteiger partial charge in [0, 0.05) is 37.2 Å². The van der Waals surface area contributed by atoms with E-state index in [1.807, 2.05) is 4.90 Å². The number of carbonyl (C=O) groups excluding carboxylic acids is 1. The van der Waals surface area contributed by atoms with E-state index in [1.54, 1.807) is 0 Å². The molecule has 22 heavy (non-hydrogen) atoms. The molecule has 5 heteroatoms. The number of amides is 1. The second kappa shape index (κ2) is 5.30. The fourth-order valence-corrected chi connectivity index (χ4v) is 3.99. The topological polar surface area (TPSA) is 32.3 Å². The third kappa shape index (κ3) is 2.51. The second-order valence-electron chi connectivity index (χ2n) is 6.83. The molecule has 3 nitrogen and oxygen atoms in total. The molecule has 1 amide bonds. The van der Waals surface area contributed by atoms with Gasteiger partial charge in [-0.3, -0.25) is 4.79 Å². The number of hydrogen-bond donors (Lipinski definition) is 1. The van der Waals surface area contributed by atoms with Crippen LogP contribution in [0.3, 0.4) is 0 Å². The molecule has 2 bridgehead atoms. The van der Waals surface area contributed by atoms with Crippen molar-refractivity contribution in [3.63, 3.8) is 0 Å². The summed E-state index contributed by atoms with van der Waals surface area (Å²) in [6.07, 6.45) is 4.03. The van der Waals surface area contributed by atoms with Gasteiger partial charge in [-0.05, 0) is 43.2 Å². The molecule has 1 aromatic rings. The van der Waals surface area contributed by atoms with E-state index < -0.39 is 11.6 Å². The van der Waals surface area contributed by atoms with Crippen LogP contribution in [0, 0.1) is 17.6 Å². The molecule has 0 radical (unpaired) electrons. The molecule has 1 aliphatic carbocycles. The molecule has 4 rings (SSSR count). The Morgan fingerprint density at radius 1 is 1.18 bits per heavy atom. The van der Waals surface area contributed by atoms with Crippen LogP contribution in [-0.2, 0) is 4.79 Å².